The van der Waals surface area contributed by atoms with Gasteiger partial charge in [0.1, 0.15) is 5.82 Å². The number of halogens is 2. The van der Waals surface area contributed by atoms with E-state index in [-0.39, 0.29) is 24.1 Å². The molecule has 0 amide bonds. The molecule has 1 aromatic carbocycles. The van der Waals surface area contributed by atoms with E-state index < -0.39 is 10.7 Å². The fourth-order valence-electron chi connectivity index (χ4n) is 1.74. The van der Waals surface area contributed by atoms with Crippen molar-refractivity contribution in [3.05, 3.63) is 39.7 Å². The fraction of sp³-hybridized carbons (Fsp3) is 0.400. The van der Waals surface area contributed by atoms with Gasteiger partial charge >= 0.3 is 0 Å². The van der Waals surface area contributed by atoms with Gasteiger partial charge in [0.2, 0.25) is 0 Å². The van der Waals surface area contributed by atoms with Crippen LogP contribution in [0.1, 0.15) is 11.6 Å². The summed E-state index contributed by atoms with van der Waals surface area (Å²) in [6, 6.07) is 3.14. The second kappa shape index (κ2) is 5.90. The quantitative estimate of drug-likeness (QED) is 0.652. The highest BCUT2D eigenvalue weighted by molar-refractivity contribution is 5.85. The first kappa shape index (κ1) is 13.8. The van der Waals surface area contributed by atoms with Crippen LogP contribution in [-0.4, -0.2) is 24.7 Å². The molecule has 0 radical (unpaired) electrons. The molecule has 0 unspecified atom stereocenters. The van der Waals surface area contributed by atoms with Crippen LogP contribution in [0.4, 0.5) is 10.1 Å². The number of ether oxygens (including phenoxy) is 1. The van der Waals surface area contributed by atoms with Crippen LogP contribution in [0.2, 0.25) is 0 Å². The summed E-state index contributed by atoms with van der Waals surface area (Å²) in [5, 5.41) is 13.9. The van der Waals surface area contributed by atoms with E-state index in [9.17, 15) is 14.5 Å². The average molecular weight is 263 g/mol. The van der Waals surface area contributed by atoms with Crippen molar-refractivity contribution in [1.29, 1.82) is 0 Å². The van der Waals surface area contributed by atoms with Crippen molar-refractivity contribution in [3.8, 4) is 0 Å². The van der Waals surface area contributed by atoms with E-state index >= 15 is 0 Å². The Morgan fingerprint density at radius 3 is 2.88 bits per heavy atom. The van der Waals surface area contributed by atoms with Gasteiger partial charge in [-0.1, -0.05) is 0 Å². The minimum Gasteiger partial charge on any atom is -0.378 e. The summed E-state index contributed by atoms with van der Waals surface area (Å²) in [5.74, 6) is -0.479. The molecule has 0 bridgehead atoms. The highest BCUT2D eigenvalue weighted by atomic mass is 35.5. The number of hydrogen-bond donors (Lipinski definition) is 1. The number of hydrogen-bond acceptors (Lipinski definition) is 4. The molecule has 1 aromatic rings. The van der Waals surface area contributed by atoms with Crippen molar-refractivity contribution in [2.75, 3.05) is 19.8 Å². The third-order valence-electron chi connectivity index (χ3n) is 2.48. The molecule has 1 fully saturated rings. The van der Waals surface area contributed by atoms with Crippen molar-refractivity contribution in [2.45, 2.75) is 6.04 Å². The van der Waals surface area contributed by atoms with Crippen LogP contribution in [0.15, 0.2) is 18.2 Å². The van der Waals surface area contributed by atoms with Gasteiger partial charge in [-0.25, -0.2) is 4.39 Å². The van der Waals surface area contributed by atoms with Crippen LogP contribution >= 0.6 is 12.4 Å². The van der Waals surface area contributed by atoms with Crippen LogP contribution in [0, 0.1) is 15.9 Å². The molecule has 7 heteroatoms. The first-order chi connectivity index (χ1) is 7.68. The zero-order valence-corrected chi connectivity index (χ0v) is 9.71. The topological polar surface area (TPSA) is 64.4 Å². The van der Waals surface area contributed by atoms with Gasteiger partial charge in [-0.15, -0.1) is 12.4 Å². The largest absolute Gasteiger partial charge is 0.378 e. The minimum absolute atomic E-state index is 0. The van der Waals surface area contributed by atoms with Crippen molar-refractivity contribution >= 4 is 18.1 Å². The minimum atomic E-state index is -0.509. The number of nitro groups is 1. The Morgan fingerprint density at radius 2 is 2.29 bits per heavy atom. The van der Waals surface area contributed by atoms with Gasteiger partial charge < -0.3 is 10.1 Å². The Labute approximate surface area is 104 Å². The van der Waals surface area contributed by atoms with E-state index in [1.807, 2.05) is 0 Å². The Bertz CT molecular complexity index is 411. The maximum atomic E-state index is 13.1. The Morgan fingerprint density at radius 1 is 1.53 bits per heavy atom. The Kier molecular flexibility index (Phi) is 4.80. The summed E-state index contributed by atoms with van der Waals surface area (Å²) < 4.78 is 18.3. The Hall–Kier alpha value is -1.24. The lowest BCUT2D eigenvalue weighted by Gasteiger charge is -2.23. The summed E-state index contributed by atoms with van der Waals surface area (Å²) >= 11 is 0. The SMILES string of the molecule is Cl.O=[N+]([O-])c1ccc(F)cc1[C@@H]1COCCN1. The average Bonchev–Trinajstić information content (AvgIpc) is 2.29. The van der Waals surface area contributed by atoms with Crippen LogP contribution in [0.3, 0.4) is 0 Å². The lowest BCUT2D eigenvalue weighted by molar-refractivity contribution is -0.385. The molecule has 2 rings (SSSR count). The third-order valence-corrected chi connectivity index (χ3v) is 2.48. The molecule has 0 saturated carbocycles. The predicted molar refractivity (Wildman–Crippen MR) is 61.9 cm³/mol. The molecule has 1 N–H and O–H groups in total. The highest BCUT2D eigenvalue weighted by Gasteiger charge is 2.24. The maximum absolute atomic E-state index is 13.1. The zero-order chi connectivity index (χ0) is 11.5. The smallest absolute Gasteiger partial charge is 0.274 e. The van der Waals surface area contributed by atoms with Crippen molar-refractivity contribution in [2.24, 2.45) is 0 Å². The second-order valence-corrected chi connectivity index (χ2v) is 3.54. The van der Waals surface area contributed by atoms with Gasteiger partial charge in [0.15, 0.2) is 0 Å². The molecule has 0 spiro atoms. The molecule has 1 aliphatic rings. The van der Waals surface area contributed by atoms with E-state index in [4.69, 9.17) is 4.74 Å². The first-order valence-corrected chi connectivity index (χ1v) is 4.93. The van der Waals surface area contributed by atoms with Gasteiger partial charge in [0.25, 0.3) is 5.69 Å². The summed E-state index contributed by atoms with van der Waals surface area (Å²) in [4.78, 5) is 10.3. The van der Waals surface area contributed by atoms with Crippen molar-refractivity contribution < 1.29 is 14.1 Å². The fourth-order valence-corrected chi connectivity index (χ4v) is 1.74. The molecular formula is C10H12ClFN2O3. The number of nitrogens with one attached hydrogen (secondary N) is 1. The number of nitrogens with zero attached hydrogens (tertiary/aromatic N) is 1. The molecule has 1 atom stereocenters. The third kappa shape index (κ3) is 3.12. The van der Waals surface area contributed by atoms with E-state index in [2.05, 4.69) is 5.32 Å². The lowest BCUT2D eigenvalue weighted by atomic mass is 10.0. The normalized spacial score (nSPS) is 19.5. The van der Waals surface area contributed by atoms with E-state index in [1.54, 1.807) is 0 Å². The zero-order valence-electron chi connectivity index (χ0n) is 8.89. The monoisotopic (exact) mass is 262 g/mol. The molecule has 1 aliphatic heterocycles. The number of morpholine rings is 1. The van der Waals surface area contributed by atoms with Crippen LogP contribution < -0.4 is 5.32 Å². The first-order valence-electron chi connectivity index (χ1n) is 4.93. The van der Waals surface area contributed by atoms with Crippen LogP contribution in [0.5, 0.6) is 0 Å². The standard InChI is InChI=1S/C10H11FN2O3.ClH/c11-7-1-2-10(13(14)15)8(5-7)9-6-16-4-3-12-9;/h1-2,5,9,12H,3-4,6H2;1H/t9-;/m0./s1. The molecule has 5 nitrogen and oxygen atoms in total. The maximum Gasteiger partial charge on any atom is 0.274 e. The van der Waals surface area contributed by atoms with Gasteiger partial charge in [0, 0.05) is 12.6 Å². The lowest BCUT2D eigenvalue weighted by Crippen LogP contribution is -2.34. The van der Waals surface area contributed by atoms with Gasteiger partial charge in [-0.2, -0.15) is 0 Å². The molecule has 1 saturated heterocycles. The highest BCUT2D eigenvalue weighted by Crippen LogP contribution is 2.27. The summed E-state index contributed by atoms with van der Waals surface area (Å²) in [5.41, 5.74) is 0.258. The predicted octanol–water partition coefficient (Wildman–Crippen LogP) is 1.82. The van der Waals surface area contributed by atoms with E-state index in [0.29, 0.717) is 25.3 Å². The Balaban J connectivity index is 0.00000144. The summed E-state index contributed by atoms with van der Waals surface area (Å²) in [6.45, 7) is 1.50. The summed E-state index contributed by atoms with van der Waals surface area (Å²) in [6.07, 6.45) is 0. The van der Waals surface area contributed by atoms with Gasteiger partial charge in [-0.05, 0) is 12.1 Å². The molecule has 0 aromatic heterocycles. The van der Waals surface area contributed by atoms with Gasteiger partial charge in [-0.3, -0.25) is 10.1 Å². The molecule has 0 aliphatic carbocycles. The molecular weight excluding hydrogens is 251 g/mol. The van der Waals surface area contributed by atoms with Crippen LogP contribution in [0.25, 0.3) is 0 Å². The molecule has 17 heavy (non-hydrogen) atoms. The number of nitro benzene ring substituents is 1. The summed E-state index contributed by atoms with van der Waals surface area (Å²) in [7, 11) is 0. The molecule has 94 valence electrons. The number of rotatable bonds is 2. The van der Waals surface area contributed by atoms with Gasteiger partial charge in [0.05, 0.1) is 29.7 Å². The van der Waals surface area contributed by atoms with E-state index in [0.717, 1.165) is 6.07 Å². The second-order valence-electron chi connectivity index (χ2n) is 3.54. The van der Waals surface area contributed by atoms with Crippen LogP contribution in [-0.2, 0) is 4.74 Å². The van der Waals surface area contributed by atoms with E-state index in [1.165, 1.54) is 12.1 Å². The van der Waals surface area contributed by atoms with Crippen molar-refractivity contribution in [1.82, 2.24) is 5.32 Å². The molecule has 1 heterocycles. The number of benzene rings is 1. The van der Waals surface area contributed by atoms with Crippen molar-refractivity contribution in [3.63, 3.8) is 0 Å².